The molecule has 1 aromatic rings. The van der Waals surface area contributed by atoms with Crippen molar-refractivity contribution in [3.8, 4) is 5.75 Å². The van der Waals surface area contributed by atoms with Gasteiger partial charge < -0.3 is 15.3 Å². The summed E-state index contributed by atoms with van der Waals surface area (Å²) in [7, 11) is 0. The zero-order valence-corrected chi connectivity index (χ0v) is 10.8. The number of rotatable bonds is 4. The van der Waals surface area contributed by atoms with Crippen molar-refractivity contribution in [2.45, 2.75) is 6.04 Å². The quantitative estimate of drug-likeness (QED) is 0.418. The van der Waals surface area contributed by atoms with E-state index in [1.807, 2.05) is 0 Å². The molecule has 0 aromatic heterocycles. The van der Waals surface area contributed by atoms with Crippen molar-refractivity contribution in [2.24, 2.45) is 4.99 Å². The van der Waals surface area contributed by atoms with Crippen molar-refractivity contribution >= 4 is 12.2 Å². The number of aliphatic hydroxyl groups is 1. The first-order valence-electron chi connectivity index (χ1n) is 4.28. The Morgan fingerprint density at radius 3 is 2.62 bits per heavy atom. The molecule has 0 fully saturated rings. The van der Waals surface area contributed by atoms with E-state index in [4.69, 9.17) is 10.2 Å². The molecule has 0 radical (unpaired) electrons. The molecule has 0 spiro atoms. The van der Waals surface area contributed by atoms with Crippen LogP contribution in [-0.2, 0) is 4.79 Å². The molecule has 0 saturated heterocycles. The van der Waals surface area contributed by atoms with Crippen molar-refractivity contribution < 1.29 is 49.7 Å². The molecular formula is C10H10NNaO4. The summed E-state index contributed by atoms with van der Waals surface area (Å²) >= 11 is 0. The van der Waals surface area contributed by atoms with Crippen LogP contribution in [0.25, 0.3) is 0 Å². The molecule has 2 N–H and O–H groups in total. The fourth-order valence-electron chi connectivity index (χ4n) is 0.946. The van der Waals surface area contributed by atoms with Crippen LogP contribution < -0.4 is 34.7 Å². The van der Waals surface area contributed by atoms with Crippen molar-refractivity contribution in [2.75, 3.05) is 6.61 Å². The predicted octanol–water partition coefficient (Wildman–Crippen LogP) is -3.37. The summed E-state index contributed by atoms with van der Waals surface area (Å²) in [6.45, 7) is -0.590. The number of carboxylic acids is 1. The Balaban J connectivity index is 0.00000225. The van der Waals surface area contributed by atoms with Gasteiger partial charge in [0.25, 0.3) is 0 Å². The third-order valence-corrected chi connectivity index (χ3v) is 1.77. The number of hydrogen-bond acceptors (Lipinski definition) is 4. The van der Waals surface area contributed by atoms with Gasteiger partial charge >= 0.3 is 35.5 Å². The summed E-state index contributed by atoms with van der Waals surface area (Å²) in [6.07, 6.45) is 1.16. The summed E-state index contributed by atoms with van der Waals surface area (Å²) in [5.74, 6) is -1.46. The molecule has 0 heterocycles. The van der Waals surface area contributed by atoms with Crippen molar-refractivity contribution in [1.82, 2.24) is 0 Å². The number of carboxylic acid groups (broad SMARTS) is 1. The van der Waals surface area contributed by atoms with Gasteiger partial charge in [-0.3, -0.25) is 4.99 Å². The molecule has 0 bridgehead atoms. The standard InChI is InChI=1S/C10H11NO4.Na/c12-6-8(10(14)15)11-5-7-3-1-2-4-9(7)13;/h1-5,8,12-13H,6H2,(H,14,15);/q;+1/p-1. The molecule has 1 rings (SSSR count). The normalized spacial score (nSPS) is 12.1. The zero-order chi connectivity index (χ0) is 11.3. The number of benzene rings is 1. The first-order chi connectivity index (χ1) is 7.15. The third kappa shape index (κ3) is 4.32. The van der Waals surface area contributed by atoms with Crippen molar-refractivity contribution in [3.63, 3.8) is 0 Å². The topological polar surface area (TPSA) is 93.0 Å². The molecule has 6 heteroatoms. The molecule has 0 aliphatic rings. The van der Waals surface area contributed by atoms with Crippen LogP contribution in [0, 0.1) is 0 Å². The van der Waals surface area contributed by atoms with Gasteiger partial charge in [-0.15, -0.1) is 5.75 Å². The van der Waals surface area contributed by atoms with Crippen LogP contribution in [0.5, 0.6) is 5.75 Å². The van der Waals surface area contributed by atoms with Crippen LogP contribution in [-0.4, -0.2) is 35.0 Å². The van der Waals surface area contributed by atoms with Crippen LogP contribution in [0.2, 0.25) is 0 Å². The van der Waals surface area contributed by atoms with Crippen molar-refractivity contribution in [1.29, 1.82) is 0 Å². The Kier molecular flexibility index (Phi) is 7.00. The maximum Gasteiger partial charge on any atom is 1.00 e. The van der Waals surface area contributed by atoms with Crippen LogP contribution in [0.3, 0.4) is 0 Å². The third-order valence-electron chi connectivity index (χ3n) is 1.77. The monoisotopic (exact) mass is 231 g/mol. The molecular weight excluding hydrogens is 221 g/mol. The van der Waals surface area contributed by atoms with Gasteiger partial charge in [0.1, 0.15) is 0 Å². The van der Waals surface area contributed by atoms with Gasteiger partial charge in [-0.25, -0.2) is 4.79 Å². The van der Waals surface area contributed by atoms with Crippen molar-refractivity contribution in [3.05, 3.63) is 29.8 Å². The molecule has 1 atom stereocenters. The van der Waals surface area contributed by atoms with E-state index in [1.54, 1.807) is 12.1 Å². The predicted molar refractivity (Wildman–Crippen MR) is 52.0 cm³/mol. The van der Waals surface area contributed by atoms with E-state index in [9.17, 15) is 9.90 Å². The Morgan fingerprint density at radius 2 is 2.12 bits per heavy atom. The summed E-state index contributed by atoms with van der Waals surface area (Å²) in [6, 6.07) is 4.90. The van der Waals surface area contributed by atoms with E-state index in [1.165, 1.54) is 12.1 Å². The average Bonchev–Trinajstić information content (AvgIpc) is 2.21. The molecule has 0 aliphatic heterocycles. The van der Waals surface area contributed by atoms with E-state index in [2.05, 4.69) is 4.99 Å². The van der Waals surface area contributed by atoms with E-state index in [-0.39, 0.29) is 35.3 Å². The molecule has 80 valence electrons. The Labute approximate surface area is 115 Å². The SMILES string of the molecule is O=C(O)C(CO)N=Cc1ccccc1[O-].[Na+]. The summed E-state index contributed by atoms with van der Waals surface area (Å²) in [4.78, 5) is 14.1. The smallest absolute Gasteiger partial charge is 0.872 e. The first-order valence-corrected chi connectivity index (χ1v) is 4.28. The second kappa shape index (κ2) is 7.40. The summed E-state index contributed by atoms with van der Waals surface area (Å²) in [5.41, 5.74) is 0.303. The number of hydrogen-bond donors (Lipinski definition) is 2. The molecule has 1 unspecified atom stereocenters. The fraction of sp³-hybridized carbons (Fsp3) is 0.200. The molecule has 0 amide bonds. The Bertz CT molecular complexity index is 381. The number of aliphatic hydroxyl groups excluding tert-OH is 1. The number of aliphatic imine (C=N–C) groups is 1. The van der Waals surface area contributed by atoms with Gasteiger partial charge in [0.05, 0.1) is 6.61 Å². The zero-order valence-electron chi connectivity index (χ0n) is 8.83. The largest absolute Gasteiger partial charge is 1.00 e. The van der Waals surface area contributed by atoms with E-state index in [0.717, 1.165) is 6.21 Å². The van der Waals surface area contributed by atoms with E-state index < -0.39 is 18.6 Å². The average molecular weight is 231 g/mol. The maximum absolute atomic E-state index is 11.2. The van der Waals surface area contributed by atoms with Gasteiger partial charge in [0.2, 0.25) is 0 Å². The van der Waals surface area contributed by atoms with Gasteiger partial charge in [0.15, 0.2) is 6.04 Å². The fourth-order valence-corrected chi connectivity index (χ4v) is 0.946. The summed E-state index contributed by atoms with van der Waals surface area (Å²) < 4.78 is 0. The summed E-state index contributed by atoms with van der Waals surface area (Å²) in [5, 5.41) is 28.4. The molecule has 16 heavy (non-hydrogen) atoms. The minimum absolute atomic E-state index is 0. The second-order valence-electron chi connectivity index (χ2n) is 2.85. The van der Waals surface area contributed by atoms with Gasteiger partial charge in [-0.1, -0.05) is 24.3 Å². The number of aliphatic carboxylic acids is 1. The van der Waals surface area contributed by atoms with Gasteiger partial charge in [0, 0.05) is 6.21 Å². The number of carbonyl (C=O) groups is 1. The maximum atomic E-state index is 11.2. The van der Waals surface area contributed by atoms with E-state index in [0.29, 0.717) is 5.56 Å². The number of para-hydroxylation sites is 1. The molecule has 1 aromatic carbocycles. The molecule has 0 aliphatic carbocycles. The minimum Gasteiger partial charge on any atom is -0.872 e. The molecule has 0 saturated carbocycles. The number of nitrogens with zero attached hydrogens (tertiary/aromatic N) is 1. The van der Waals surface area contributed by atoms with Crippen LogP contribution in [0.1, 0.15) is 5.56 Å². The Morgan fingerprint density at radius 1 is 1.50 bits per heavy atom. The van der Waals surface area contributed by atoms with Crippen LogP contribution in [0.15, 0.2) is 29.3 Å². The van der Waals surface area contributed by atoms with E-state index >= 15 is 0 Å². The minimum atomic E-state index is -1.22. The molecule has 5 nitrogen and oxygen atoms in total. The van der Waals surface area contributed by atoms with Crippen LogP contribution in [0.4, 0.5) is 0 Å². The second-order valence-corrected chi connectivity index (χ2v) is 2.85. The van der Waals surface area contributed by atoms with Gasteiger partial charge in [-0.05, 0) is 5.56 Å². The Hall–Kier alpha value is -0.880. The van der Waals surface area contributed by atoms with Crippen LogP contribution >= 0.6 is 0 Å². The first kappa shape index (κ1) is 15.1. The van der Waals surface area contributed by atoms with Gasteiger partial charge in [-0.2, -0.15) is 0 Å².